The van der Waals surface area contributed by atoms with Crippen molar-refractivity contribution >= 4 is 64.8 Å². The van der Waals surface area contributed by atoms with Crippen molar-refractivity contribution in [1.29, 1.82) is 0 Å². The molecule has 1 aromatic heterocycles. The van der Waals surface area contributed by atoms with Crippen molar-refractivity contribution in [2.45, 2.75) is 0 Å². The summed E-state index contributed by atoms with van der Waals surface area (Å²) in [5, 5.41) is 13.9. The minimum absolute atomic E-state index is 1.03. The first kappa shape index (κ1) is 23.2. The van der Waals surface area contributed by atoms with Gasteiger partial charge in [0.15, 0.2) is 0 Å². The minimum atomic E-state index is 1.03. The van der Waals surface area contributed by atoms with Gasteiger partial charge in [0.25, 0.3) is 0 Å². The molecule has 0 aliphatic carbocycles. The lowest BCUT2D eigenvalue weighted by molar-refractivity contribution is 1.45. The quantitative estimate of drug-likeness (QED) is 0.202. The average molecular weight is 532 g/mol. The van der Waals surface area contributed by atoms with E-state index in [2.05, 4.69) is 152 Å². The number of benzene rings is 8. The van der Waals surface area contributed by atoms with Crippen LogP contribution in [0.3, 0.4) is 0 Å². The summed E-state index contributed by atoms with van der Waals surface area (Å²) < 4.78 is 0. The van der Waals surface area contributed by atoms with Crippen LogP contribution >= 0.6 is 0 Å². The fourth-order valence-corrected chi connectivity index (χ4v) is 7.05. The highest BCUT2D eigenvalue weighted by atomic mass is 14.7. The molecule has 42 heavy (non-hydrogen) atoms. The first-order valence-corrected chi connectivity index (χ1v) is 14.5. The molecule has 0 atom stereocenters. The summed E-state index contributed by atoms with van der Waals surface area (Å²) >= 11 is 0. The topological polar surface area (TPSA) is 12.9 Å². The Morgan fingerprint density at radius 2 is 0.786 bits per heavy atom. The van der Waals surface area contributed by atoms with Crippen molar-refractivity contribution in [2.24, 2.45) is 0 Å². The van der Waals surface area contributed by atoms with E-state index < -0.39 is 0 Å². The molecule has 8 aromatic carbocycles. The van der Waals surface area contributed by atoms with E-state index in [4.69, 9.17) is 4.98 Å². The zero-order valence-corrected chi connectivity index (χ0v) is 22.9. The highest BCUT2D eigenvalue weighted by Gasteiger charge is 2.18. The van der Waals surface area contributed by atoms with Gasteiger partial charge < -0.3 is 0 Å². The SMILES string of the molecule is c1ccc(-c2cccc(-c3cccc4c3ncc3c4c4ccccc4c4c5ccccc5c5ccccc5c34)c2)cc1. The van der Waals surface area contributed by atoms with Crippen molar-refractivity contribution < 1.29 is 0 Å². The smallest absolute Gasteiger partial charge is 0.0787 e. The molecule has 0 unspecified atom stereocenters. The van der Waals surface area contributed by atoms with Crippen LogP contribution < -0.4 is 0 Å². The highest BCUT2D eigenvalue weighted by Crippen LogP contribution is 2.45. The minimum Gasteiger partial charge on any atom is -0.255 e. The maximum absolute atomic E-state index is 5.23. The molecule has 0 bridgehead atoms. The van der Waals surface area contributed by atoms with Crippen LogP contribution in [0.25, 0.3) is 87.0 Å². The summed E-state index contributed by atoms with van der Waals surface area (Å²) in [6.45, 7) is 0. The maximum atomic E-state index is 5.23. The van der Waals surface area contributed by atoms with E-state index >= 15 is 0 Å². The molecule has 0 aliphatic heterocycles. The zero-order valence-electron chi connectivity index (χ0n) is 22.9. The van der Waals surface area contributed by atoms with Crippen LogP contribution in [0.1, 0.15) is 0 Å². The summed E-state index contributed by atoms with van der Waals surface area (Å²) in [6.07, 6.45) is 2.12. The Balaban J connectivity index is 1.45. The largest absolute Gasteiger partial charge is 0.255 e. The third kappa shape index (κ3) is 3.28. The first-order chi connectivity index (χ1) is 20.9. The van der Waals surface area contributed by atoms with E-state index in [1.165, 1.54) is 75.9 Å². The molecule has 0 N–H and O–H groups in total. The normalized spacial score (nSPS) is 11.8. The van der Waals surface area contributed by atoms with E-state index in [0.717, 1.165) is 11.1 Å². The Morgan fingerprint density at radius 1 is 0.310 bits per heavy atom. The maximum Gasteiger partial charge on any atom is 0.0787 e. The lowest BCUT2D eigenvalue weighted by Gasteiger charge is -2.18. The number of hydrogen-bond donors (Lipinski definition) is 0. The average Bonchev–Trinajstić information content (AvgIpc) is 3.08. The number of para-hydroxylation sites is 1. The van der Waals surface area contributed by atoms with Gasteiger partial charge in [-0.25, -0.2) is 0 Å². The Kier molecular flexibility index (Phi) is 4.97. The fraction of sp³-hybridized carbons (Fsp3) is 0. The van der Waals surface area contributed by atoms with Crippen LogP contribution in [-0.2, 0) is 0 Å². The third-order valence-corrected chi connectivity index (χ3v) is 8.85. The summed E-state index contributed by atoms with van der Waals surface area (Å²) in [7, 11) is 0. The molecule has 9 aromatic rings. The fourth-order valence-electron chi connectivity index (χ4n) is 7.05. The molecule has 0 fully saturated rings. The van der Waals surface area contributed by atoms with Crippen molar-refractivity contribution in [3.8, 4) is 22.3 Å². The second-order valence-electron chi connectivity index (χ2n) is 11.1. The number of fused-ring (bicyclic) bond motifs is 13. The van der Waals surface area contributed by atoms with Crippen LogP contribution in [0.2, 0.25) is 0 Å². The summed E-state index contributed by atoms with van der Waals surface area (Å²) in [5.41, 5.74) is 5.79. The summed E-state index contributed by atoms with van der Waals surface area (Å²) in [6, 6.07) is 52.6. The number of nitrogens with zero attached hydrogens (tertiary/aromatic N) is 1. The highest BCUT2D eigenvalue weighted by molar-refractivity contribution is 6.41. The van der Waals surface area contributed by atoms with Gasteiger partial charge in [-0.2, -0.15) is 0 Å². The molecular weight excluding hydrogens is 506 g/mol. The molecule has 0 radical (unpaired) electrons. The number of hydrogen-bond acceptors (Lipinski definition) is 1. The molecule has 194 valence electrons. The van der Waals surface area contributed by atoms with Gasteiger partial charge in [-0.3, -0.25) is 4.98 Å². The number of rotatable bonds is 2. The van der Waals surface area contributed by atoms with Crippen molar-refractivity contribution in [2.75, 3.05) is 0 Å². The van der Waals surface area contributed by atoms with E-state index in [1.807, 2.05) is 0 Å². The van der Waals surface area contributed by atoms with E-state index in [1.54, 1.807) is 0 Å². The number of aromatic nitrogens is 1. The molecule has 0 saturated heterocycles. The standard InChI is InChI=1S/C41H25N/c1-2-12-26(13-3-1)27-14-10-15-28(24-27)29-22-11-23-36-38-34-20-8-9-21-35(34)39-32-18-6-4-16-30(32)31-17-5-7-19-33(31)40(39)37(38)25-42-41(29)36/h1-25H. The molecule has 0 saturated carbocycles. The molecular formula is C41H25N. The van der Waals surface area contributed by atoms with Crippen LogP contribution in [0.15, 0.2) is 152 Å². The van der Waals surface area contributed by atoms with Crippen LogP contribution in [-0.4, -0.2) is 4.98 Å². The second kappa shape index (κ2) is 8.99. The predicted octanol–water partition coefficient (Wildman–Crippen LogP) is 11.3. The Bertz CT molecular complexity index is 2510. The number of pyridine rings is 1. The van der Waals surface area contributed by atoms with Crippen LogP contribution in [0.4, 0.5) is 0 Å². The van der Waals surface area contributed by atoms with Gasteiger partial charge in [-0.05, 0) is 60.5 Å². The lowest BCUT2D eigenvalue weighted by atomic mass is 9.86. The third-order valence-electron chi connectivity index (χ3n) is 8.85. The zero-order chi connectivity index (χ0) is 27.6. The monoisotopic (exact) mass is 531 g/mol. The molecule has 1 heterocycles. The summed E-state index contributed by atoms with van der Waals surface area (Å²) in [5.74, 6) is 0. The van der Waals surface area contributed by atoms with E-state index in [-0.39, 0.29) is 0 Å². The Labute approximate surface area is 243 Å². The Hall–Kier alpha value is -5.53. The van der Waals surface area contributed by atoms with Gasteiger partial charge in [0.05, 0.1) is 5.52 Å². The van der Waals surface area contributed by atoms with Crippen LogP contribution in [0, 0.1) is 0 Å². The van der Waals surface area contributed by atoms with Gasteiger partial charge in [0.1, 0.15) is 0 Å². The lowest BCUT2D eigenvalue weighted by Crippen LogP contribution is -1.92. The van der Waals surface area contributed by atoms with Crippen LogP contribution in [0.5, 0.6) is 0 Å². The summed E-state index contributed by atoms with van der Waals surface area (Å²) in [4.78, 5) is 5.23. The predicted molar refractivity (Wildman–Crippen MR) is 180 cm³/mol. The van der Waals surface area contributed by atoms with Crippen molar-refractivity contribution in [1.82, 2.24) is 4.98 Å². The van der Waals surface area contributed by atoms with Gasteiger partial charge in [-0.15, -0.1) is 0 Å². The van der Waals surface area contributed by atoms with Gasteiger partial charge in [-0.1, -0.05) is 140 Å². The van der Waals surface area contributed by atoms with Crippen molar-refractivity contribution in [3.63, 3.8) is 0 Å². The molecule has 0 aliphatic rings. The molecule has 1 nitrogen and oxygen atoms in total. The van der Waals surface area contributed by atoms with Gasteiger partial charge in [0.2, 0.25) is 0 Å². The van der Waals surface area contributed by atoms with Crippen molar-refractivity contribution in [3.05, 3.63) is 152 Å². The first-order valence-electron chi connectivity index (χ1n) is 14.5. The molecule has 9 rings (SSSR count). The molecule has 1 heteroatoms. The van der Waals surface area contributed by atoms with E-state index in [9.17, 15) is 0 Å². The second-order valence-corrected chi connectivity index (χ2v) is 11.1. The molecule has 0 amide bonds. The Morgan fingerprint density at radius 3 is 1.48 bits per heavy atom. The van der Waals surface area contributed by atoms with E-state index in [0.29, 0.717) is 0 Å². The van der Waals surface area contributed by atoms with Gasteiger partial charge in [0, 0.05) is 33.3 Å². The van der Waals surface area contributed by atoms with Gasteiger partial charge >= 0.3 is 0 Å². The molecule has 0 spiro atoms.